The molecule has 0 spiro atoms. The van der Waals surface area contributed by atoms with Crippen molar-refractivity contribution in [2.75, 3.05) is 19.0 Å². The maximum Gasteiger partial charge on any atom is 0.319 e. The standard InChI is InChI=1S/C19H18ClF2N3O3/c1-28-12-6-14(21)18(15(22)7-12)13-9-23-17(26)8-16(13)25-19(27)24-11-4-2-10(20)3-5-11/h2-7,13,16H,8-9H2,1H3,(H,23,26)(H2,24,25,27). The highest BCUT2D eigenvalue weighted by Crippen LogP contribution is 2.31. The highest BCUT2D eigenvalue weighted by atomic mass is 35.5. The van der Waals surface area contributed by atoms with Crippen LogP contribution in [-0.2, 0) is 4.79 Å². The highest BCUT2D eigenvalue weighted by molar-refractivity contribution is 6.30. The number of nitrogens with one attached hydrogen (secondary N) is 3. The molecule has 28 heavy (non-hydrogen) atoms. The van der Waals surface area contributed by atoms with E-state index < -0.39 is 29.6 Å². The molecule has 3 amide bonds. The molecule has 2 atom stereocenters. The lowest BCUT2D eigenvalue weighted by Crippen LogP contribution is -2.51. The van der Waals surface area contributed by atoms with E-state index in [1.54, 1.807) is 24.3 Å². The number of halogens is 3. The van der Waals surface area contributed by atoms with E-state index in [-0.39, 0.29) is 30.2 Å². The first-order valence-electron chi connectivity index (χ1n) is 8.50. The third kappa shape index (κ3) is 4.51. The van der Waals surface area contributed by atoms with Crippen LogP contribution < -0.4 is 20.7 Å². The van der Waals surface area contributed by atoms with Crippen LogP contribution in [0.25, 0.3) is 0 Å². The Kier molecular flexibility index (Phi) is 5.99. The smallest absolute Gasteiger partial charge is 0.319 e. The number of urea groups is 1. The number of amides is 3. The fraction of sp³-hybridized carbons (Fsp3) is 0.263. The van der Waals surface area contributed by atoms with Gasteiger partial charge in [-0.25, -0.2) is 13.6 Å². The summed E-state index contributed by atoms with van der Waals surface area (Å²) in [6.45, 7) is -0.00903. The summed E-state index contributed by atoms with van der Waals surface area (Å²) < 4.78 is 33.9. The molecular formula is C19H18ClF2N3O3. The summed E-state index contributed by atoms with van der Waals surface area (Å²) >= 11 is 5.81. The first-order valence-corrected chi connectivity index (χ1v) is 8.88. The molecule has 3 N–H and O–H groups in total. The Hall–Kier alpha value is -2.87. The van der Waals surface area contributed by atoms with Gasteiger partial charge < -0.3 is 20.7 Å². The maximum atomic E-state index is 14.5. The maximum absolute atomic E-state index is 14.5. The summed E-state index contributed by atoms with van der Waals surface area (Å²) in [6.07, 6.45) is -0.108. The quantitative estimate of drug-likeness (QED) is 0.724. The van der Waals surface area contributed by atoms with Crippen LogP contribution in [0, 0.1) is 11.6 Å². The Morgan fingerprint density at radius 1 is 1.21 bits per heavy atom. The molecule has 1 fully saturated rings. The molecule has 1 saturated heterocycles. The fourth-order valence-electron chi connectivity index (χ4n) is 3.14. The second-order valence-corrected chi connectivity index (χ2v) is 6.77. The van der Waals surface area contributed by atoms with Gasteiger partial charge in [-0.2, -0.15) is 0 Å². The number of hydrogen-bond acceptors (Lipinski definition) is 3. The molecule has 6 nitrogen and oxygen atoms in total. The van der Waals surface area contributed by atoms with Gasteiger partial charge in [0, 0.05) is 53.3 Å². The van der Waals surface area contributed by atoms with Crippen molar-refractivity contribution in [1.82, 2.24) is 10.6 Å². The highest BCUT2D eigenvalue weighted by Gasteiger charge is 2.35. The van der Waals surface area contributed by atoms with E-state index >= 15 is 0 Å². The minimum Gasteiger partial charge on any atom is -0.497 e. The molecule has 9 heteroatoms. The lowest BCUT2D eigenvalue weighted by Gasteiger charge is -2.33. The summed E-state index contributed by atoms with van der Waals surface area (Å²) in [5, 5.41) is 8.34. The molecule has 1 aliphatic heterocycles. The van der Waals surface area contributed by atoms with Gasteiger partial charge in [0.15, 0.2) is 0 Å². The Labute approximate surface area is 165 Å². The monoisotopic (exact) mass is 409 g/mol. The molecule has 3 rings (SSSR count). The molecule has 0 aliphatic carbocycles. The number of piperidine rings is 1. The number of carbonyl (C=O) groups is 2. The zero-order valence-electron chi connectivity index (χ0n) is 14.9. The third-order valence-electron chi connectivity index (χ3n) is 4.49. The summed E-state index contributed by atoms with van der Waals surface area (Å²) in [7, 11) is 1.31. The van der Waals surface area contributed by atoms with E-state index in [1.165, 1.54) is 7.11 Å². The van der Waals surface area contributed by atoms with Crippen molar-refractivity contribution in [3.8, 4) is 5.75 Å². The van der Waals surface area contributed by atoms with Crippen molar-refractivity contribution < 1.29 is 23.1 Å². The number of ether oxygens (including phenoxy) is 1. The Balaban J connectivity index is 1.80. The summed E-state index contributed by atoms with van der Waals surface area (Å²) in [6, 6.07) is 7.18. The zero-order chi connectivity index (χ0) is 20.3. The molecule has 0 saturated carbocycles. The van der Waals surface area contributed by atoms with Gasteiger partial charge in [0.05, 0.1) is 7.11 Å². The molecule has 148 valence electrons. The van der Waals surface area contributed by atoms with Gasteiger partial charge in [-0.3, -0.25) is 4.79 Å². The first kappa shape index (κ1) is 19.9. The second-order valence-electron chi connectivity index (χ2n) is 6.33. The van der Waals surface area contributed by atoms with Crippen molar-refractivity contribution in [2.24, 2.45) is 0 Å². The largest absolute Gasteiger partial charge is 0.497 e. The average Bonchev–Trinajstić information content (AvgIpc) is 2.64. The average molecular weight is 410 g/mol. The van der Waals surface area contributed by atoms with Crippen LogP contribution in [0.4, 0.5) is 19.3 Å². The van der Waals surface area contributed by atoms with Crippen LogP contribution >= 0.6 is 11.6 Å². The Bertz CT molecular complexity index is 869. The van der Waals surface area contributed by atoms with E-state index in [2.05, 4.69) is 16.0 Å². The van der Waals surface area contributed by atoms with E-state index in [1.807, 2.05) is 0 Å². The van der Waals surface area contributed by atoms with Crippen molar-refractivity contribution in [1.29, 1.82) is 0 Å². The van der Waals surface area contributed by atoms with E-state index in [0.29, 0.717) is 10.7 Å². The predicted octanol–water partition coefficient (Wildman–Crippen LogP) is 3.42. The normalized spacial score (nSPS) is 18.9. The number of hydrogen-bond donors (Lipinski definition) is 3. The van der Waals surface area contributed by atoms with Crippen molar-refractivity contribution in [2.45, 2.75) is 18.4 Å². The number of methoxy groups -OCH3 is 1. The van der Waals surface area contributed by atoms with Crippen LogP contribution in [0.15, 0.2) is 36.4 Å². The summed E-state index contributed by atoms with van der Waals surface area (Å²) in [5.41, 5.74) is 0.276. The number of benzene rings is 2. The first-order chi connectivity index (χ1) is 13.4. The van der Waals surface area contributed by atoms with Gasteiger partial charge in [-0.05, 0) is 24.3 Å². The van der Waals surface area contributed by atoms with Crippen molar-refractivity contribution in [3.05, 3.63) is 58.6 Å². The van der Waals surface area contributed by atoms with E-state index in [0.717, 1.165) is 12.1 Å². The fourth-order valence-corrected chi connectivity index (χ4v) is 3.26. The molecule has 0 radical (unpaired) electrons. The zero-order valence-corrected chi connectivity index (χ0v) is 15.6. The molecule has 2 unspecified atom stereocenters. The molecule has 0 aromatic heterocycles. The third-order valence-corrected chi connectivity index (χ3v) is 4.74. The number of anilines is 1. The van der Waals surface area contributed by atoms with Gasteiger partial charge >= 0.3 is 6.03 Å². The Morgan fingerprint density at radius 3 is 2.46 bits per heavy atom. The van der Waals surface area contributed by atoms with Gasteiger partial charge in [0.25, 0.3) is 0 Å². The van der Waals surface area contributed by atoms with E-state index in [4.69, 9.17) is 16.3 Å². The minimum atomic E-state index is -0.803. The summed E-state index contributed by atoms with van der Waals surface area (Å²) in [5.74, 6) is -2.66. The SMILES string of the molecule is COc1cc(F)c(C2CNC(=O)CC2NC(=O)Nc2ccc(Cl)cc2)c(F)c1. The van der Waals surface area contributed by atoms with Gasteiger partial charge in [-0.15, -0.1) is 0 Å². The lowest BCUT2D eigenvalue weighted by atomic mass is 9.86. The van der Waals surface area contributed by atoms with Crippen LogP contribution in [0.5, 0.6) is 5.75 Å². The van der Waals surface area contributed by atoms with Crippen LogP contribution in [-0.4, -0.2) is 31.6 Å². The Morgan fingerprint density at radius 2 is 1.86 bits per heavy atom. The minimum absolute atomic E-state index is 0.00903. The molecule has 1 heterocycles. The second kappa shape index (κ2) is 8.43. The van der Waals surface area contributed by atoms with Crippen molar-refractivity contribution in [3.63, 3.8) is 0 Å². The molecule has 0 bridgehead atoms. The van der Waals surface area contributed by atoms with Gasteiger partial charge in [-0.1, -0.05) is 11.6 Å². The van der Waals surface area contributed by atoms with Gasteiger partial charge in [0.1, 0.15) is 17.4 Å². The van der Waals surface area contributed by atoms with Crippen molar-refractivity contribution >= 4 is 29.2 Å². The van der Waals surface area contributed by atoms with E-state index in [9.17, 15) is 18.4 Å². The molecule has 1 aliphatic rings. The number of rotatable bonds is 4. The van der Waals surface area contributed by atoms with Gasteiger partial charge in [0.2, 0.25) is 5.91 Å². The molecule has 2 aromatic carbocycles. The van der Waals surface area contributed by atoms with Crippen LogP contribution in [0.3, 0.4) is 0 Å². The lowest BCUT2D eigenvalue weighted by molar-refractivity contribution is -0.123. The van der Waals surface area contributed by atoms with Crippen LogP contribution in [0.1, 0.15) is 17.9 Å². The topological polar surface area (TPSA) is 79.5 Å². The summed E-state index contributed by atoms with van der Waals surface area (Å²) in [4.78, 5) is 24.1. The van der Waals surface area contributed by atoms with Crippen LogP contribution in [0.2, 0.25) is 5.02 Å². The molecule has 2 aromatic rings. The number of carbonyl (C=O) groups excluding carboxylic acids is 2. The molecular weight excluding hydrogens is 392 g/mol. The predicted molar refractivity (Wildman–Crippen MR) is 101 cm³/mol.